The summed E-state index contributed by atoms with van der Waals surface area (Å²) < 4.78 is 0. The lowest BCUT2D eigenvalue weighted by molar-refractivity contribution is 0.263. The van der Waals surface area contributed by atoms with Gasteiger partial charge in [0.15, 0.2) is 0 Å². The normalized spacial score (nSPS) is 15.9. The van der Waals surface area contributed by atoms with Crippen LogP contribution < -0.4 is 0 Å². The Bertz CT molecular complexity index is 977. The summed E-state index contributed by atoms with van der Waals surface area (Å²) >= 11 is 0. The average molecular weight is 341 g/mol. The third-order valence-electron chi connectivity index (χ3n) is 5.62. The first-order valence-electron chi connectivity index (χ1n) is 9.33. The Labute approximate surface area is 154 Å². The Morgan fingerprint density at radius 1 is 1.04 bits per heavy atom. The molecule has 1 atom stereocenters. The third-order valence-corrected chi connectivity index (χ3v) is 5.62. The topological polar surface area (TPSA) is 39.9 Å². The molecule has 1 unspecified atom stereocenters. The Hall–Kier alpha value is -2.70. The molecule has 3 nitrogen and oxygen atoms in total. The van der Waals surface area contributed by atoms with Crippen LogP contribution in [0.5, 0.6) is 0 Å². The SMILES string of the molecule is Cc1c(C#N)c(-c2ccc(C(C)N3CCCC3)cc2)nc2ccccc12. The molecule has 130 valence electrons. The molecule has 2 heterocycles. The van der Waals surface area contributed by atoms with Crippen LogP contribution in [0.1, 0.15) is 42.5 Å². The number of nitrogens with zero attached hydrogens (tertiary/aromatic N) is 3. The number of para-hydroxylation sites is 1. The largest absolute Gasteiger partial charge is 0.297 e. The van der Waals surface area contributed by atoms with Gasteiger partial charge in [0.25, 0.3) is 0 Å². The van der Waals surface area contributed by atoms with Crippen molar-refractivity contribution in [1.29, 1.82) is 5.26 Å². The van der Waals surface area contributed by atoms with Gasteiger partial charge < -0.3 is 0 Å². The molecular formula is C23H23N3. The van der Waals surface area contributed by atoms with Crippen LogP contribution in [0.4, 0.5) is 0 Å². The first-order chi connectivity index (χ1) is 12.7. The quantitative estimate of drug-likeness (QED) is 0.654. The fourth-order valence-electron chi connectivity index (χ4n) is 3.98. The predicted molar refractivity (Wildman–Crippen MR) is 106 cm³/mol. The van der Waals surface area contributed by atoms with Crippen LogP contribution in [0.2, 0.25) is 0 Å². The van der Waals surface area contributed by atoms with E-state index >= 15 is 0 Å². The zero-order chi connectivity index (χ0) is 18.1. The van der Waals surface area contributed by atoms with Crippen molar-refractivity contribution in [3.8, 4) is 17.3 Å². The molecule has 1 saturated heterocycles. The first kappa shape index (κ1) is 16.8. The second-order valence-corrected chi connectivity index (χ2v) is 7.13. The Kier molecular flexibility index (Phi) is 4.44. The van der Waals surface area contributed by atoms with Gasteiger partial charge in [0.2, 0.25) is 0 Å². The maximum Gasteiger partial charge on any atom is 0.102 e. The number of aryl methyl sites for hydroxylation is 1. The van der Waals surface area contributed by atoms with Gasteiger partial charge in [-0.1, -0.05) is 42.5 Å². The van der Waals surface area contributed by atoms with Crippen LogP contribution >= 0.6 is 0 Å². The summed E-state index contributed by atoms with van der Waals surface area (Å²) in [5, 5.41) is 10.8. The second-order valence-electron chi connectivity index (χ2n) is 7.13. The summed E-state index contributed by atoms with van der Waals surface area (Å²) in [6, 6.07) is 19.4. The van der Waals surface area contributed by atoms with Gasteiger partial charge in [-0.2, -0.15) is 5.26 Å². The maximum absolute atomic E-state index is 9.71. The van der Waals surface area contributed by atoms with Crippen molar-refractivity contribution in [1.82, 2.24) is 9.88 Å². The van der Waals surface area contributed by atoms with E-state index in [0.29, 0.717) is 11.6 Å². The van der Waals surface area contributed by atoms with Gasteiger partial charge in [-0.25, -0.2) is 4.98 Å². The Balaban J connectivity index is 1.74. The number of benzene rings is 2. The minimum atomic E-state index is 0.438. The van der Waals surface area contributed by atoms with Gasteiger partial charge >= 0.3 is 0 Å². The smallest absolute Gasteiger partial charge is 0.102 e. The van der Waals surface area contributed by atoms with Gasteiger partial charge in [-0.3, -0.25) is 4.90 Å². The van der Waals surface area contributed by atoms with Crippen molar-refractivity contribution in [3.05, 3.63) is 65.2 Å². The van der Waals surface area contributed by atoms with Crippen LogP contribution in [0.25, 0.3) is 22.2 Å². The van der Waals surface area contributed by atoms with E-state index in [1.807, 2.05) is 31.2 Å². The van der Waals surface area contributed by atoms with Crippen molar-refractivity contribution >= 4 is 10.9 Å². The van der Waals surface area contributed by atoms with Crippen LogP contribution in [-0.2, 0) is 0 Å². The van der Waals surface area contributed by atoms with E-state index in [1.54, 1.807) is 0 Å². The molecule has 0 aliphatic carbocycles. The number of likely N-dealkylation sites (tertiary alicyclic amines) is 1. The summed E-state index contributed by atoms with van der Waals surface area (Å²) in [6.07, 6.45) is 2.60. The number of aromatic nitrogens is 1. The van der Waals surface area contributed by atoms with Crippen molar-refractivity contribution < 1.29 is 0 Å². The van der Waals surface area contributed by atoms with Gasteiger partial charge in [-0.05, 0) is 57.0 Å². The monoisotopic (exact) mass is 341 g/mol. The Morgan fingerprint density at radius 2 is 1.73 bits per heavy atom. The van der Waals surface area contributed by atoms with E-state index in [1.165, 1.54) is 31.5 Å². The van der Waals surface area contributed by atoms with Crippen molar-refractivity contribution in [2.45, 2.75) is 32.7 Å². The highest BCUT2D eigenvalue weighted by atomic mass is 15.2. The minimum absolute atomic E-state index is 0.438. The van der Waals surface area contributed by atoms with Crippen LogP contribution in [0.3, 0.4) is 0 Å². The highest BCUT2D eigenvalue weighted by molar-refractivity contribution is 5.88. The fraction of sp³-hybridized carbons (Fsp3) is 0.304. The number of rotatable bonds is 3. The Morgan fingerprint density at radius 3 is 2.42 bits per heavy atom. The van der Waals surface area contributed by atoms with E-state index in [-0.39, 0.29) is 0 Å². The van der Waals surface area contributed by atoms with Gasteiger partial charge in [0, 0.05) is 17.0 Å². The molecule has 2 aromatic carbocycles. The molecule has 1 aromatic heterocycles. The summed E-state index contributed by atoms with van der Waals surface area (Å²) in [5.41, 5.74) is 5.73. The molecule has 1 aliphatic heterocycles. The fourth-order valence-corrected chi connectivity index (χ4v) is 3.98. The van der Waals surface area contributed by atoms with E-state index < -0.39 is 0 Å². The van der Waals surface area contributed by atoms with Crippen LogP contribution in [0.15, 0.2) is 48.5 Å². The van der Waals surface area contributed by atoms with Gasteiger partial charge in [0.05, 0.1) is 16.8 Å². The van der Waals surface area contributed by atoms with E-state index in [9.17, 15) is 5.26 Å². The molecule has 0 amide bonds. The lowest BCUT2D eigenvalue weighted by atomic mass is 9.97. The molecule has 1 aliphatic rings. The molecule has 0 spiro atoms. The molecule has 4 rings (SSSR count). The molecule has 1 fully saturated rings. The molecule has 0 bridgehead atoms. The molecule has 0 saturated carbocycles. The van der Waals surface area contributed by atoms with Crippen molar-refractivity contribution in [2.24, 2.45) is 0 Å². The molecule has 3 aromatic rings. The van der Waals surface area contributed by atoms with E-state index in [4.69, 9.17) is 4.98 Å². The highest BCUT2D eigenvalue weighted by Gasteiger charge is 2.20. The summed E-state index contributed by atoms with van der Waals surface area (Å²) in [5.74, 6) is 0. The number of fused-ring (bicyclic) bond motifs is 1. The standard InChI is InChI=1S/C23H23N3/c1-16-20-7-3-4-8-22(20)25-23(21(16)15-24)19-11-9-18(10-12-19)17(2)26-13-5-6-14-26/h3-4,7-12,17H,5-6,13-14H2,1-2H3. The minimum Gasteiger partial charge on any atom is -0.297 e. The molecule has 0 N–H and O–H groups in total. The number of nitriles is 1. The van der Waals surface area contributed by atoms with E-state index in [2.05, 4.69) is 42.2 Å². The van der Waals surface area contributed by atoms with Crippen LogP contribution in [0, 0.1) is 18.3 Å². The summed E-state index contributed by atoms with van der Waals surface area (Å²) in [4.78, 5) is 7.33. The molecular weight excluding hydrogens is 318 g/mol. The summed E-state index contributed by atoms with van der Waals surface area (Å²) in [7, 11) is 0. The third kappa shape index (κ3) is 2.87. The molecule has 3 heteroatoms. The highest BCUT2D eigenvalue weighted by Crippen LogP contribution is 2.31. The first-order valence-corrected chi connectivity index (χ1v) is 9.33. The zero-order valence-electron chi connectivity index (χ0n) is 15.4. The maximum atomic E-state index is 9.71. The van der Waals surface area contributed by atoms with Crippen molar-refractivity contribution in [3.63, 3.8) is 0 Å². The second kappa shape index (κ2) is 6.90. The average Bonchev–Trinajstić information content (AvgIpc) is 3.22. The van der Waals surface area contributed by atoms with E-state index in [0.717, 1.165) is 27.7 Å². The number of hydrogen-bond acceptors (Lipinski definition) is 3. The zero-order valence-corrected chi connectivity index (χ0v) is 15.4. The van der Waals surface area contributed by atoms with Gasteiger partial charge in [-0.15, -0.1) is 0 Å². The van der Waals surface area contributed by atoms with Crippen molar-refractivity contribution in [2.75, 3.05) is 13.1 Å². The lowest BCUT2D eigenvalue weighted by Gasteiger charge is -2.24. The summed E-state index contributed by atoms with van der Waals surface area (Å²) in [6.45, 7) is 6.66. The molecule has 26 heavy (non-hydrogen) atoms. The predicted octanol–water partition coefficient (Wildman–Crippen LogP) is 5.24. The number of pyridine rings is 1. The lowest BCUT2D eigenvalue weighted by Crippen LogP contribution is -2.23. The van der Waals surface area contributed by atoms with Gasteiger partial charge in [0.1, 0.15) is 6.07 Å². The van der Waals surface area contributed by atoms with Crippen LogP contribution in [-0.4, -0.2) is 23.0 Å². The number of hydrogen-bond donors (Lipinski definition) is 0. The molecule has 0 radical (unpaired) electrons.